The lowest BCUT2D eigenvalue weighted by atomic mass is 10.2. The van der Waals surface area contributed by atoms with Gasteiger partial charge >= 0.3 is 11.9 Å². The van der Waals surface area contributed by atoms with Crippen molar-refractivity contribution in [3.8, 4) is 17.2 Å². The standard InChI is InChI=1S/C19H20O7/c1-22-15-7-4-13(5-8-15)18(20)25-10-11-26-19(21)14-6-9-16(23-2)17(12-14)24-3/h4-9,12H,10-11H2,1-3H3. The zero-order chi connectivity index (χ0) is 18.9. The molecular formula is C19H20O7. The summed E-state index contributed by atoms with van der Waals surface area (Å²) in [6, 6.07) is 11.2. The fourth-order valence-electron chi connectivity index (χ4n) is 2.13. The smallest absolute Gasteiger partial charge is 0.338 e. The minimum Gasteiger partial charge on any atom is -0.497 e. The first-order valence-corrected chi connectivity index (χ1v) is 7.79. The first kappa shape index (κ1) is 19.1. The van der Waals surface area contributed by atoms with Crippen LogP contribution in [0, 0.1) is 0 Å². The third kappa shape index (κ3) is 4.89. The lowest BCUT2D eigenvalue weighted by molar-refractivity contribution is 0.0265. The molecule has 2 aromatic rings. The Kier molecular flexibility index (Phi) is 6.84. The highest BCUT2D eigenvalue weighted by molar-refractivity contribution is 5.90. The van der Waals surface area contributed by atoms with Gasteiger partial charge in [-0.3, -0.25) is 0 Å². The van der Waals surface area contributed by atoms with E-state index in [0.717, 1.165) is 0 Å². The van der Waals surface area contributed by atoms with E-state index >= 15 is 0 Å². The highest BCUT2D eigenvalue weighted by Gasteiger charge is 2.13. The lowest BCUT2D eigenvalue weighted by Gasteiger charge is -2.10. The maximum absolute atomic E-state index is 12.0. The number of rotatable bonds is 8. The molecule has 0 saturated heterocycles. The van der Waals surface area contributed by atoms with Crippen LogP contribution in [0.15, 0.2) is 42.5 Å². The van der Waals surface area contributed by atoms with Crippen LogP contribution < -0.4 is 14.2 Å². The average molecular weight is 360 g/mol. The van der Waals surface area contributed by atoms with Crippen molar-refractivity contribution in [3.05, 3.63) is 53.6 Å². The Morgan fingerprint density at radius 3 is 1.77 bits per heavy atom. The quantitative estimate of drug-likeness (QED) is 0.529. The maximum atomic E-state index is 12.0. The largest absolute Gasteiger partial charge is 0.497 e. The van der Waals surface area contributed by atoms with Gasteiger partial charge < -0.3 is 23.7 Å². The second-order valence-electron chi connectivity index (χ2n) is 5.07. The van der Waals surface area contributed by atoms with Gasteiger partial charge in [-0.05, 0) is 42.5 Å². The van der Waals surface area contributed by atoms with Gasteiger partial charge in [-0.1, -0.05) is 0 Å². The average Bonchev–Trinajstić information content (AvgIpc) is 2.70. The van der Waals surface area contributed by atoms with Gasteiger partial charge in [0.2, 0.25) is 0 Å². The van der Waals surface area contributed by atoms with Crippen molar-refractivity contribution in [3.63, 3.8) is 0 Å². The van der Waals surface area contributed by atoms with Crippen molar-refractivity contribution in [1.82, 2.24) is 0 Å². The summed E-state index contributed by atoms with van der Waals surface area (Å²) >= 11 is 0. The highest BCUT2D eigenvalue weighted by atomic mass is 16.6. The summed E-state index contributed by atoms with van der Waals surface area (Å²) in [5.74, 6) is 0.525. The van der Waals surface area contributed by atoms with E-state index < -0.39 is 11.9 Å². The molecule has 0 aromatic heterocycles. The number of carbonyl (C=O) groups excluding carboxylic acids is 2. The Hall–Kier alpha value is -3.22. The molecule has 2 aromatic carbocycles. The van der Waals surface area contributed by atoms with Gasteiger partial charge in [0.1, 0.15) is 19.0 Å². The monoisotopic (exact) mass is 360 g/mol. The van der Waals surface area contributed by atoms with Crippen LogP contribution >= 0.6 is 0 Å². The molecule has 0 N–H and O–H groups in total. The van der Waals surface area contributed by atoms with Gasteiger partial charge in [-0.15, -0.1) is 0 Å². The molecular weight excluding hydrogens is 340 g/mol. The fraction of sp³-hybridized carbons (Fsp3) is 0.263. The van der Waals surface area contributed by atoms with E-state index in [1.807, 2.05) is 0 Å². The van der Waals surface area contributed by atoms with Gasteiger partial charge in [0, 0.05) is 0 Å². The SMILES string of the molecule is COc1ccc(C(=O)OCCOC(=O)c2ccc(OC)c(OC)c2)cc1. The van der Waals surface area contributed by atoms with E-state index in [1.54, 1.807) is 43.5 Å². The molecule has 7 nitrogen and oxygen atoms in total. The molecule has 0 amide bonds. The van der Waals surface area contributed by atoms with Crippen molar-refractivity contribution in [1.29, 1.82) is 0 Å². The van der Waals surface area contributed by atoms with Crippen LogP contribution in [0.4, 0.5) is 0 Å². The predicted octanol–water partition coefficient (Wildman–Crippen LogP) is 2.73. The Bertz CT molecular complexity index is 753. The first-order valence-electron chi connectivity index (χ1n) is 7.79. The van der Waals surface area contributed by atoms with Crippen molar-refractivity contribution in [2.24, 2.45) is 0 Å². The second kappa shape index (κ2) is 9.31. The van der Waals surface area contributed by atoms with E-state index in [-0.39, 0.29) is 13.2 Å². The Balaban J connectivity index is 1.81. The zero-order valence-electron chi connectivity index (χ0n) is 14.8. The maximum Gasteiger partial charge on any atom is 0.338 e. The van der Waals surface area contributed by atoms with Crippen molar-refractivity contribution >= 4 is 11.9 Å². The van der Waals surface area contributed by atoms with Crippen LogP contribution in [0.25, 0.3) is 0 Å². The van der Waals surface area contributed by atoms with Crippen LogP contribution in [-0.2, 0) is 9.47 Å². The number of methoxy groups -OCH3 is 3. The van der Waals surface area contributed by atoms with Gasteiger partial charge in [-0.2, -0.15) is 0 Å². The van der Waals surface area contributed by atoms with E-state index in [9.17, 15) is 9.59 Å². The third-order valence-corrected chi connectivity index (χ3v) is 3.49. The molecule has 0 atom stereocenters. The third-order valence-electron chi connectivity index (χ3n) is 3.49. The number of benzene rings is 2. The van der Waals surface area contributed by atoms with E-state index in [1.165, 1.54) is 20.3 Å². The number of hydrogen-bond acceptors (Lipinski definition) is 7. The molecule has 0 bridgehead atoms. The zero-order valence-corrected chi connectivity index (χ0v) is 14.8. The number of carbonyl (C=O) groups is 2. The Morgan fingerprint density at radius 1 is 0.692 bits per heavy atom. The second-order valence-corrected chi connectivity index (χ2v) is 5.07. The molecule has 0 saturated carbocycles. The Morgan fingerprint density at radius 2 is 1.23 bits per heavy atom. The van der Waals surface area contributed by atoms with Crippen LogP contribution in [0.2, 0.25) is 0 Å². The van der Waals surface area contributed by atoms with E-state index in [0.29, 0.717) is 28.4 Å². The van der Waals surface area contributed by atoms with Crippen LogP contribution in [0.1, 0.15) is 20.7 Å². The van der Waals surface area contributed by atoms with Gasteiger partial charge in [-0.25, -0.2) is 9.59 Å². The first-order chi connectivity index (χ1) is 12.6. The van der Waals surface area contributed by atoms with Crippen LogP contribution in [-0.4, -0.2) is 46.5 Å². The number of esters is 2. The molecule has 0 aliphatic rings. The predicted molar refractivity (Wildman–Crippen MR) is 93.1 cm³/mol. The molecule has 0 fully saturated rings. The molecule has 0 aliphatic carbocycles. The lowest BCUT2D eigenvalue weighted by Crippen LogP contribution is -2.14. The molecule has 0 aliphatic heterocycles. The Labute approximate surface area is 151 Å². The van der Waals surface area contributed by atoms with Gasteiger partial charge in [0.05, 0.1) is 32.5 Å². The van der Waals surface area contributed by atoms with Crippen molar-refractivity contribution in [2.75, 3.05) is 34.5 Å². The molecule has 2 rings (SSSR count). The molecule has 0 spiro atoms. The summed E-state index contributed by atoms with van der Waals surface area (Å²) in [7, 11) is 4.53. The summed E-state index contributed by atoms with van der Waals surface area (Å²) in [5.41, 5.74) is 0.696. The van der Waals surface area contributed by atoms with E-state index in [2.05, 4.69) is 0 Å². The number of hydrogen-bond donors (Lipinski definition) is 0. The molecule has 138 valence electrons. The fourth-order valence-corrected chi connectivity index (χ4v) is 2.13. The highest BCUT2D eigenvalue weighted by Crippen LogP contribution is 2.27. The summed E-state index contributed by atoms with van der Waals surface area (Å²) in [6.45, 7) is -0.112. The minimum atomic E-state index is -0.550. The van der Waals surface area contributed by atoms with Crippen molar-refractivity contribution in [2.45, 2.75) is 0 Å². The normalized spacial score (nSPS) is 9.96. The summed E-state index contributed by atoms with van der Waals surface area (Å²) in [4.78, 5) is 23.9. The molecule has 7 heteroatoms. The van der Waals surface area contributed by atoms with Crippen LogP contribution in [0.3, 0.4) is 0 Å². The summed E-state index contributed by atoms with van der Waals surface area (Å²) in [6.07, 6.45) is 0. The summed E-state index contributed by atoms with van der Waals surface area (Å²) < 4.78 is 25.4. The van der Waals surface area contributed by atoms with Crippen LogP contribution in [0.5, 0.6) is 17.2 Å². The minimum absolute atomic E-state index is 0.0517. The molecule has 26 heavy (non-hydrogen) atoms. The molecule has 0 heterocycles. The van der Waals surface area contributed by atoms with Gasteiger partial charge in [0.25, 0.3) is 0 Å². The molecule has 0 unspecified atom stereocenters. The summed E-state index contributed by atoms with van der Waals surface area (Å²) in [5, 5.41) is 0. The van der Waals surface area contributed by atoms with E-state index in [4.69, 9.17) is 23.7 Å². The molecule has 0 radical (unpaired) electrons. The van der Waals surface area contributed by atoms with Gasteiger partial charge in [0.15, 0.2) is 11.5 Å². The topological polar surface area (TPSA) is 80.3 Å². The van der Waals surface area contributed by atoms with Crippen molar-refractivity contribution < 1.29 is 33.3 Å². The number of ether oxygens (including phenoxy) is 5.